The lowest BCUT2D eigenvalue weighted by molar-refractivity contribution is -0.136. The van der Waals surface area contributed by atoms with Crippen molar-refractivity contribution in [2.45, 2.75) is 39.0 Å². The van der Waals surface area contributed by atoms with Gasteiger partial charge in [0.15, 0.2) is 0 Å². The van der Waals surface area contributed by atoms with E-state index in [1.54, 1.807) is 7.11 Å². The van der Waals surface area contributed by atoms with Crippen LogP contribution in [0.3, 0.4) is 0 Å². The van der Waals surface area contributed by atoms with Gasteiger partial charge in [0.2, 0.25) is 11.8 Å². The molecule has 1 fully saturated rings. The van der Waals surface area contributed by atoms with Gasteiger partial charge in [0.05, 0.1) is 7.11 Å². The van der Waals surface area contributed by atoms with Crippen molar-refractivity contribution >= 4 is 11.8 Å². The molecule has 0 bridgehead atoms. The number of ether oxygens (including phenoxy) is 1. The zero-order valence-electron chi connectivity index (χ0n) is 12.2. The first kappa shape index (κ1) is 14.6. The van der Waals surface area contributed by atoms with Crippen molar-refractivity contribution in [3.63, 3.8) is 0 Å². The SMILES string of the molecule is COc1ccc(C(C)C)cc1CC1CCC(=O)NC1=O. The lowest BCUT2D eigenvalue weighted by Gasteiger charge is -2.22. The lowest BCUT2D eigenvalue weighted by Crippen LogP contribution is -2.41. The summed E-state index contributed by atoms with van der Waals surface area (Å²) < 4.78 is 5.38. The van der Waals surface area contributed by atoms with Gasteiger partial charge in [0.25, 0.3) is 0 Å². The van der Waals surface area contributed by atoms with Gasteiger partial charge in [-0.05, 0) is 36.0 Å². The van der Waals surface area contributed by atoms with Gasteiger partial charge in [0, 0.05) is 12.3 Å². The third kappa shape index (κ3) is 3.18. The second-order valence-corrected chi connectivity index (χ2v) is 5.58. The first-order valence-corrected chi connectivity index (χ1v) is 7.01. The number of benzene rings is 1. The van der Waals surface area contributed by atoms with Crippen LogP contribution in [0.2, 0.25) is 0 Å². The fourth-order valence-corrected chi connectivity index (χ4v) is 2.52. The number of rotatable bonds is 4. The van der Waals surface area contributed by atoms with Crippen molar-refractivity contribution in [1.29, 1.82) is 0 Å². The summed E-state index contributed by atoms with van der Waals surface area (Å²) in [4.78, 5) is 23.0. The highest BCUT2D eigenvalue weighted by molar-refractivity contribution is 5.98. The van der Waals surface area contributed by atoms with E-state index in [0.29, 0.717) is 25.2 Å². The van der Waals surface area contributed by atoms with Crippen LogP contribution in [0.5, 0.6) is 5.75 Å². The summed E-state index contributed by atoms with van der Waals surface area (Å²) in [7, 11) is 1.64. The highest BCUT2D eigenvalue weighted by atomic mass is 16.5. The molecule has 1 unspecified atom stereocenters. The molecule has 2 rings (SSSR count). The third-order valence-electron chi connectivity index (χ3n) is 3.79. The molecule has 4 heteroatoms. The molecule has 0 aliphatic carbocycles. The fraction of sp³-hybridized carbons (Fsp3) is 0.500. The van der Waals surface area contributed by atoms with Gasteiger partial charge in [-0.3, -0.25) is 14.9 Å². The van der Waals surface area contributed by atoms with Crippen LogP contribution in [-0.2, 0) is 16.0 Å². The van der Waals surface area contributed by atoms with Crippen LogP contribution in [0, 0.1) is 5.92 Å². The van der Waals surface area contributed by atoms with Gasteiger partial charge in [-0.2, -0.15) is 0 Å². The molecule has 1 saturated heterocycles. The molecule has 4 nitrogen and oxygen atoms in total. The second-order valence-electron chi connectivity index (χ2n) is 5.58. The average molecular weight is 275 g/mol. The normalized spacial score (nSPS) is 19.1. The number of imide groups is 1. The summed E-state index contributed by atoms with van der Waals surface area (Å²) in [6, 6.07) is 6.11. The largest absolute Gasteiger partial charge is 0.496 e. The summed E-state index contributed by atoms with van der Waals surface area (Å²) in [5, 5.41) is 2.41. The molecule has 0 spiro atoms. The van der Waals surface area contributed by atoms with E-state index < -0.39 is 0 Å². The van der Waals surface area contributed by atoms with E-state index in [4.69, 9.17) is 4.74 Å². The number of methoxy groups -OCH3 is 1. The van der Waals surface area contributed by atoms with Gasteiger partial charge in [-0.15, -0.1) is 0 Å². The molecule has 1 aliphatic heterocycles. The number of amides is 2. The molecule has 1 atom stereocenters. The Bertz CT molecular complexity index is 522. The van der Waals surface area contributed by atoms with E-state index in [1.807, 2.05) is 6.07 Å². The Morgan fingerprint density at radius 3 is 2.70 bits per heavy atom. The number of hydrogen-bond donors (Lipinski definition) is 1. The van der Waals surface area contributed by atoms with Crippen molar-refractivity contribution in [2.24, 2.45) is 5.92 Å². The molecular weight excluding hydrogens is 254 g/mol. The summed E-state index contributed by atoms with van der Waals surface area (Å²) in [6.07, 6.45) is 1.64. The molecule has 20 heavy (non-hydrogen) atoms. The quantitative estimate of drug-likeness (QED) is 0.859. The average Bonchev–Trinajstić information content (AvgIpc) is 2.41. The van der Waals surface area contributed by atoms with E-state index in [1.165, 1.54) is 5.56 Å². The topological polar surface area (TPSA) is 55.4 Å². The van der Waals surface area contributed by atoms with Crippen LogP contribution in [0.1, 0.15) is 43.7 Å². The van der Waals surface area contributed by atoms with Gasteiger partial charge >= 0.3 is 0 Å². The standard InChI is InChI=1S/C16H21NO3/c1-10(2)11-4-6-14(20-3)13(8-11)9-12-5-7-15(18)17-16(12)19/h4,6,8,10,12H,5,7,9H2,1-3H3,(H,17,18,19). The summed E-state index contributed by atoms with van der Waals surface area (Å²) in [5.41, 5.74) is 2.27. The predicted molar refractivity (Wildman–Crippen MR) is 76.7 cm³/mol. The van der Waals surface area contributed by atoms with Crippen LogP contribution >= 0.6 is 0 Å². The minimum atomic E-state index is -0.172. The molecule has 0 radical (unpaired) electrons. The minimum Gasteiger partial charge on any atom is -0.496 e. The summed E-state index contributed by atoms with van der Waals surface area (Å²) >= 11 is 0. The molecule has 0 aromatic heterocycles. The smallest absolute Gasteiger partial charge is 0.230 e. The maximum Gasteiger partial charge on any atom is 0.230 e. The number of piperidine rings is 1. The van der Waals surface area contributed by atoms with Gasteiger partial charge in [-0.25, -0.2) is 0 Å². The Morgan fingerprint density at radius 2 is 2.10 bits per heavy atom. The Morgan fingerprint density at radius 1 is 1.35 bits per heavy atom. The molecule has 0 saturated carbocycles. The van der Waals surface area contributed by atoms with Crippen molar-refractivity contribution in [3.8, 4) is 5.75 Å². The maximum absolute atomic E-state index is 11.9. The van der Waals surface area contributed by atoms with E-state index >= 15 is 0 Å². The first-order chi connectivity index (χ1) is 9.51. The summed E-state index contributed by atoms with van der Waals surface area (Å²) in [6.45, 7) is 4.27. The van der Waals surface area contributed by atoms with Crippen LogP contribution in [0.4, 0.5) is 0 Å². The Balaban J connectivity index is 2.21. The van der Waals surface area contributed by atoms with Gasteiger partial charge in [-0.1, -0.05) is 26.0 Å². The van der Waals surface area contributed by atoms with Crippen LogP contribution in [0.15, 0.2) is 18.2 Å². The molecule has 2 amide bonds. The molecule has 1 N–H and O–H groups in total. The first-order valence-electron chi connectivity index (χ1n) is 7.01. The van der Waals surface area contributed by atoms with Crippen molar-refractivity contribution in [2.75, 3.05) is 7.11 Å². The zero-order valence-corrected chi connectivity index (χ0v) is 12.2. The van der Waals surface area contributed by atoms with E-state index in [0.717, 1.165) is 11.3 Å². The molecular formula is C16H21NO3. The maximum atomic E-state index is 11.9. The minimum absolute atomic E-state index is 0.149. The molecule has 1 aromatic rings. The molecule has 1 aliphatic rings. The lowest BCUT2D eigenvalue weighted by atomic mass is 9.89. The van der Waals surface area contributed by atoms with Crippen molar-refractivity contribution < 1.29 is 14.3 Å². The number of carbonyl (C=O) groups excluding carboxylic acids is 2. The van der Waals surface area contributed by atoms with Crippen molar-refractivity contribution in [1.82, 2.24) is 5.32 Å². The van der Waals surface area contributed by atoms with Gasteiger partial charge in [0.1, 0.15) is 5.75 Å². The van der Waals surface area contributed by atoms with Crippen molar-refractivity contribution in [3.05, 3.63) is 29.3 Å². The van der Waals surface area contributed by atoms with E-state index in [2.05, 4.69) is 31.3 Å². The second kappa shape index (κ2) is 6.07. The fourth-order valence-electron chi connectivity index (χ4n) is 2.52. The van der Waals surface area contributed by atoms with E-state index in [-0.39, 0.29) is 17.7 Å². The van der Waals surface area contributed by atoms with Crippen LogP contribution in [-0.4, -0.2) is 18.9 Å². The third-order valence-corrected chi connectivity index (χ3v) is 3.79. The molecule has 108 valence electrons. The Kier molecular flexibility index (Phi) is 4.42. The number of hydrogen-bond acceptors (Lipinski definition) is 3. The zero-order chi connectivity index (χ0) is 14.7. The van der Waals surface area contributed by atoms with Gasteiger partial charge < -0.3 is 4.74 Å². The highest BCUT2D eigenvalue weighted by Crippen LogP contribution is 2.28. The molecule has 1 aromatic carbocycles. The van der Waals surface area contributed by atoms with E-state index in [9.17, 15) is 9.59 Å². The van der Waals surface area contributed by atoms with Crippen LogP contribution < -0.4 is 10.1 Å². The van der Waals surface area contributed by atoms with Crippen LogP contribution in [0.25, 0.3) is 0 Å². The molecule has 1 heterocycles. The number of nitrogens with one attached hydrogen (secondary N) is 1. The predicted octanol–water partition coefficient (Wildman–Crippen LogP) is 2.41. The monoisotopic (exact) mass is 275 g/mol. The highest BCUT2D eigenvalue weighted by Gasteiger charge is 2.27. The number of carbonyl (C=O) groups is 2. The summed E-state index contributed by atoms with van der Waals surface area (Å²) in [5.74, 6) is 0.747. The Hall–Kier alpha value is -1.84. The Labute approximate surface area is 119 Å².